The molecule has 1 aromatic carbocycles. The lowest BCUT2D eigenvalue weighted by Gasteiger charge is -2.23. The number of primary amides is 1. The molecule has 0 radical (unpaired) electrons. The summed E-state index contributed by atoms with van der Waals surface area (Å²) >= 11 is 0. The van der Waals surface area contributed by atoms with Crippen molar-refractivity contribution >= 4 is 39.9 Å². The first kappa shape index (κ1) is 26.1. The fourth-order valence-corrected chi connectivity index (χ4v) is 4.23. The van der Waals surface area contributed by atoms with E-state index >= 15 is 0 Å². The number of H-pyrrole nitrogens is 1. The van der Waals surface area contributed by atoms with Crippen molar-refractivity contribution in [3.63, 3.8) is 0 Å². The summed E-state index contributed by atoms with van der Waals surface area (Å²) in [5.41, 5.74) is 6.97. The average Bonchev–Trinajstić information content (AvgIpc) is 3.46. The maximum Gasteiger partial charge on any atom is 0.269 e. The summed E-state index contributed by atoms with van der Waals surface area (Å²) < 4.78 is 15.6. The fourth-order valence-electron chi connectivity index (χ4n) is 4.23. The van der Waals surface area contributed by atoms with Gasteiger partial charge in [0.1, 0.15) is 24.4 Å². The van der Waals surface area contributed by atoms with E-state index in [1.807, 2.05) is 0 Å². The highest BCUT2D eigenvalue weighted by Crippen LogP contribution is 2.26. The predicted octanol–water partition coefficient (Wildman–Crippen LogP) is 2.36. The summed E-state index contributed by atoms with van der Waals surface area (Å²) in [6.45, 7) is 4.60. The normalized spacial score (nSPS) is 17.7. The van der Waals surface area contributed by atoms with Crippen LogP contribution >= 0.6 is 0 Å². The molecule has 2 aromatic heterocycles. The largest absolute Gasteiger partial charge is 0.366 e. The predicted molar refractivity (Wildman–Crippen MR) is 138 cm³/mol. The molecular formula is C25H25FN8O4. The molecule has 1 saturated heterocycles. The smallest absolute Gasteiger partial charge is 0.269 e. The maximum absolute atomic E-state index is 14.3. The molecule has 38 heavy (non-hydrogen) atoms. The molecule has 0 aliphatic carbocycles. The third-order valence-electron chi connectivity index (χ3n) is 6.08. The monoisotopic (exact) mass is 520 g/mol. The Morgan fingerprint density at radius 1 is 1.32 bits per heavy atom. The Hall–Kier alpha value is -4.94. The summed E-state index contributed by atoms with van der Waals surface area (Å²) in [7, 11) is 0. The first-order chi connectivity index (χ1) is 18.2. The lowest BCUT2D eigenvalue weighted by molar-refractivity contribution is -0.137. The molecule has 1 aliphatic heterocycles. The van der Waals surface area contributed by atoms with Crippen LogP contribution in [-0.2, 0) is 16.1 Å². The highest BCUT2D eigenvalue weighted by Gasteiger charge is 2.40. The standard InChI is InChI=1S/C25H25FN8O4/c1-3-29-30-10-14(2)15-4-5-19-17(8-15)23(24(27)37)32-34(19)13-22(36)33-12-16(26)9-20(33)25(38)31-18-11-28-7-6-21(18)35/h3-8,10-11,16,20H,1,9,12-13H2,2H3,(H2,27,37)(H,28,35)(H,31,38)/b14-10+,30-29?. The molecule has 0 spiro atoms. The minimum atomic E-state index is -1.42. The molecule has 1 aliphatic rings. The van der Waals surface area contributed by atoms with Gasteiger partial charge in [0.25, 0.3) is 5.91 Å². The fraction of sp³-hybridized carbons (Fsp3) is 0.240. The van der Waals surface area contributed by atoms with Crippen LogP contribution in [0.15, 0.2) is 70.7 Å². The Labute approximate surface area is 215 Å². The number of carbonyl (C=O) groups excluding carboxylic acids is 3. The number of nitrogens with zero attached hydrogens (tertiary/aromatic N) is 5. The number of hydrogen-bond acceptors (Lipinski definition) is 7. The van der Waals surface area contributed by atoms with Crippen molar-refractivity contribution in [1.29, 1.82) is 0 Å². The van der Waals surface area contributed by atoms with Crippen LogP contribution in [0.1, 0.15) is 29.4 Å². The van der Waals surface area contributed by atoms with Crippen molar-refractivity contribution in [2.45, 2.75) is 32.1 Å². The minimum absolute atomic E-state index is 0.0116. The molecule has 1 fully saturated rings. The number of amides is 3. The van der Waals surface area contributed by atoms with Gasteiger partial charge in [0.15, 0.2) is 5.69 Å². The first-order valence-corrected chi connectivity index (χ1v) is 11.6. The van der Waals surface area contributed by atoms with Crippen molar-refractivity contribution < 1.29 is 18.8 Å². The SMILES string of the molecule is C=CN=N/C=C(\C)c1ccc2c(c1)c(C(N)=O)nn2CC(=O)N1CC(F)CC1C(=O)Nc1c[nH]ccc1=O. The van der Waals surface area contributed by atoms with Gasteiger partial charge in [-0.05, 0) is 30.2 Å². The highest BCUT2D eigenvalue weighted by atomic mass is 19.1. The Morgan fingerprint density at radius 3 is 2.82 bits per heavy atom. The zero-order valence-electron chi connectivity index (χ0n) is 20.4. The second kappa shape index (κ2) is 11.0. The summed E-state index contributed by atoms with van der Waals surface area (Å²) in [6.07, 6.45) is 3.89. The number of alkyl halides is 1. The van der Waals surface area contributed by atoms with Crippen LogP contribution in [0.3, 0.4) is 0 Å². The molecule has 0 bridgehead atoms. The van der Waals surface area contributed by atoms with Gasteiger partial charge in [0.2, 0.25) is 17.2 Å². The Balaban J connectivity index is 1.60. The third-order valence-corrected chi connectivity index (χ3v) is 6.08. The second-order valence-electron chi connectivity index (χ2n) is 8.63. The van der Waals surface area contributed by atoms with Gasteiger partial charge < -0.3 is 20.9 Å². The lowest BCUT2D eigenvalue weighted by atomic mass is 10.0. The van der Waals surface area contributed by atoms with E-state index in [0.717, 1.165) is 16.0 Å². The number of hydrogen-bond donors (Lipinski definition) is 3. The maximum atomic E-state index is 14.3. The van der Waals surface area contributed by atoms with Crippen LogP contribution in [0, 0.1) is 0 Å². The molecule has 4 rings (SSSR count). The summed E-state index contributed by atoms with van der Waals surface area (Å²) in [6, 6.07) is 5.23. The van der Waals surface area contributed by atoms with Gasteiger partial charge in [-0.25, -0.2) is 4.39 Å². The number of nitrogens with two attached hydrogens (primary N) is 1. The van der Waals surface area contributed by atoms with Crippen LogP contribution < -0.4 is 16.5 Å². The molecule has 4 N–H and O–H groups in total. The van der Waals surface area contributed by atoms with Gasteiger partial charge in [0, 0.05) is 36.5 Å². The number of anilines is 1. The van der Waals surface area contributed by atoms with Gasteiger partial charge in [-0.3, -0.25) is 23.9 Å². The van der Waals surface area contributed by atoms with Crippen molar-refractivity contribution in [3.8, 4) is 0 Å². The van der Waals surface area contributed by atoms with E-state index in [-0.39, 0.29) is 30.9 Å². The topological polar surface area (TPSA) is 168 Å². The highest BCUT2D eigenvalue weighted by molar-refractivity contribution is 6.05. The van der Waals surface area contributed by atoms with Crippen molar-refractivity contribution in [2.24, 2.45) is 16.0 Å². The average molecular weight is 521 g/mol. The van der Waals surface area contributed by atoms with Gasteiger partial charge in [-0.1, -0.05) is 12.6 Å². The number of rotatable bonds is 8. The second-order valence-corrected chi connectivity index (χ2v) is 8.63. The van der Waals surface area contributed by atoms with Crippen LogP contribution in [0.5, 0.6) is 0 Å². The molecule has 12 nitrogen and oxygen atoms in total. The number of fused-ring (bicyclic) bond motifs is 1. The van der Waals surface area contributed by atoms with Crippen molar-refractivity contribution in [1.82, 2.24) is 19.7 Å². The van der Waals surface area contributed by atoms with E-state index in [9.17, 15) is 23.6 Å². The van der Waals surface area contributed by atoms with Crippen LogP contribution in [0.4, 0.5) is 10.1 Å². The third kappa shape index (κ3) is 5.40. The minimum Gasteiger partial charge on any atom is -0.366 e. The van der Waals surface area contributed by atoms with E-state index in [4.69, 9.17) is 5.73 Å². The number of aromatic amines is 1. The number of nitrogens with one attached hydrogen (secondary N) is 2. The van der Waals surface area contributed by atoms with Gasteiger partial charge >= 0.3 is 0 Å². The summed E-state index contributed by atoms with van der Waals surface area (Å²) in [4.78, 5) is 53.9. The van der Waals surface area contributed by atoms with Crippen molar-refractivity contribution in [3.05, 3.63) is 77.1 Å². The molecule has 2 unspecified atom stereocenters. The van der Waals surface area contributed by atoms with E-state index < -0.39 is 35.4 Å². The number of aromatic nitrogens is 3. The molecule has 3 heterocycles. The molecular weight excluding hydrogens is 495 g/mol. The number of benzene rings is 1. The number of allylic oxidation sites excluding steroid dienone is 1. The lowest BCUT2D eigenvalue weighted by Crippen LogP contribution is -2.45. The van der Waals surface area contributed by atoms with Gasteiger partial charge in [-0.15, -0.1) is 0 Å². The number of azo groups is 1. The summed E-state index contributed by atoms with van der Waals surface area (Å²) in [5, 5.41) is 14.6. The molecule has 3 amide bonds. The van der Waals surface area contributed by atoms with E-state index in [1.54, 1.807) is 25.1 Å². The zero-order chi connectivity index (χ0) is 27.4. The van der Waals surface area contributed by atoms with Crippen LogP contribution in [-0.4, -0.2) is 56.1 Å². The Kier molecular flexibility index (Phi) is 7.55. The first-order valence-electron chi connectivity index (χ1n) is 11.6. The van der Waals surface area contributed by atoms with Crippen molar-refractivity contribution in [2.75, 3.05) is 11.9 Å². The number of pyridine rings is 1. The van der Waals surface area contributed by atoms with Crippen LogP contribution in [0.2, 0.25) is 0 Å². The number of carbonyl (C=O) groups is 3. The van der Waals surface area contributed by atoms with E-state index in [1.165, 1.54) is 35.5 Å². The van der Waals surface area contributed by atoms with Crippen LogP contribution in [0.25, 0.3) is 16.5 Å². The van der Waals surface area contributed by atoms with Gasteiger partial charge in [-0.2, -0.15) is 15.3 Å². The van der Waals surface area contributed by atoms with E-state index in [2.05, 4.69) is 32.2 Å². The number of likely N-dealkylation sites (tertiary alicyclic amines) is 1. The summed E-state index contributed by atoms with van der Waals surface area (Å²) in [5.74, 6) is -2.06. The molecule has 196 valence electrons. The number of halogens is 1. The molecule has 2 atom stereocenters. The Morgan fingerprint density at radius 2 is 2.11 bits per heavy atom. The molecule has 3 aromatic rings. The zero-order valence-corrected chi connectivity index (χ0v) is 20.4. The van der Waals surface area contributed by atoms with Gasteiger partial charge in [0.05, 0.1) is 18.3 Å². The quantitative estimate of drug-likeness (QED) is 0.387. The Bertz CT molecular complexity index is 1540. The van der Waals surface area contributed by atoms with E-state index in [0.29, 0.717) is 10.9 Å². The molecule has 0 saturated carbocycles. The molecule has 13 heteroatoms.